The first-order valence-electron chi connectivity index (χ1n) is 11.0. The highest BCUT2D eigenvalue weighted by atomic mass is 32.2. The Morgan fingerprint density at radius 1 is 0.560 bits per heavy atom. The molecule has 0 spiro atoms. The Morgan fingerprint density at radius 2 is 0.880 bits per heavy atom. The number of hydrogen-bond acceptors (Lipinski definition) is 2. The average molecular weight is 376 g/mol. The maximum atomic E-state index is 11.5. The summed E-state index contributed by atoms with van der Waals surface area (Å²) in [5, 5.41) is 0. The Balaban J connectivity index is 3.21. The zero-order valence-corrected chi connectivity index (χ0v) is 18.2. The second kappa shape index (κ2) is 17.3. The van der Waals surface area contributed by atoms with Gasteiger partial charge in [0.05, 0.1) is 6.26 Å². The number of unbranched alkanes of at least 4 members (excludes halogenated alkanes) is 15. The molecule has 0 atom stereocenters. The van der Waals surface area contributed by atoms with E-state index in [-0.39, 0.29) is 0 Å². The molecule has 3 nitrogen and oxygen atoms in total. The molecule has 0 saturated heterocycles. The number of rotatable bonds is 19. The molecule has 4 heteroatoms. The van der Waals surface area contributed by atoms with E-state index < -0.39 is 10.0 Å². The van der Waals surface area contributed by atoms with Gasteiger partial charge in [0.15, 0.2) is 0 Å². The number of hydrogen-bond donors (Lipinski definition) is 0. The summed E-state index contributed by atoms with van der Waals surface area (Å²) >= 11 is 0. The van der Waals surface area contributed by atoms with Crippen molar-refractivity contribution in [2.45, 2.75) is 117 Å². The van der Waals surface area contributed by atoms with E-state index in [4.69, 9.17) is 0 Å². The van der Waals surface area contributed by atoms with Crippen LogP contribution in [0.4, 0.5) is 0 Å². The van der Waals surface area contributed by atoms with Gasteiger partial charge in [-0.2, -0.15) is 0 Å². The predicted molar refractivity (Wildman–Crippen MR) is 112 cm³/mol. The van der Waals surface area contributed by atoms with Crippen molar-refractivity contribution in [1.29, 1.82) is 0 Å². The summed E-state index contributed by atoms with van der Waals surface area (Å²) in [6, 6.07) is 0. The Labute approximate surface area is 159 Å². The summed E-state index contributed by atoms with van der Waals surface area (Å²) in [5.41, 5.74) is 0. The second-order valence-electron chi connectivity index (χ2n) is 7.56. The fourth-order valence-corrected chi connectivity index (χ4v) is 4.32. The van der Waals surface area contributed by atoms with E-state index in [1.165, 1.54) is 96.1 Å². The smallest absolute Gasteiger partial charge is 0.211 e. The molecule has 0 radical (unpaired) electrons. The van der Waals surface area contributed by atoms with Crippen LogP contribution in [0.3, 0.4) is 0 Å². The van der Waals surface area contributed by atoms with Crippen LogP contribution < -0.4 is 0 Å². The molecule has 0 aromatic carbocycles. The van der Waals surface area contributed by atoms with E-state index in [1.807, 2.05) is 6.92 Å². The minimum Gasteiger partial charge on any atom is -0.213 e. The van der Waals surface area contributed by atoms with Crippen LogP contribution in [0.1, 0.15) is 117 Å². The first-order chi connectivity index (χ1) is 12.0. The molecular weight excluding hydrogens is 330 g/mol. The lowest BCUT2D eigenvalue weighted by molar-refractivity contribution is 0.414. The van der Waals surface area contributed by atoms with Gasteiger partial charge in [-0.3, -0.25) is 0 Å². The molecule has 0 saturated carbocycles. The molecule has 0 amide bonds. The third-order valence-corrected chi connectivity index (χ3v) is 6.46. The van der Waals surface area contributed by atoms with Gasteiger partial charge in [-0.15, -0.1) is 0 Å². The van der Waals surface area contributed by atoms with E-state index in [0.29, 0.717) is 13.1 Å². The van der Waals surface area contributed by atoms with Crippen LogP contribution >= 0.6 is 0 Å². The molecule has 0 rings (SSSR count). The molecule has 0 aliphatic carbocycles. The van der Waals surface area contributed by atoms with E-state index in [2.05, 4.69) is 6.92 Å². The minimum atomic E-state index is -3.00. The Hall–Kier alpha value is -0.0900. The van der Waals surface area contributed by atoms with Gasteiger partial charge >= 0.3 is 0 Å². The number of sulfonamides is 1. The second-order valence-corrected chi connectivity index (χ2v) is 9.54. The molecule has 0 aromatic heterocycles. The third kappa shape index (κ3) is 17.1. The lowest BCUT2D eigenvalue weighted by atomic mass is 10.0. The van der Waals surface area contributed by atoms with E-state index >= 15 is 0 Å². The molecule has 0 fully saturated rings. The SMILES string of the molecule is CCCCCCCCCCCCCCCCCCN(CC)S(C)(=O)=O. The van der Waals surface area contributed by atoms with Crippen LogP contribution in [0.25, 0.3) is 0 Å². The van der Waals surface area contributed by atoms with Crippen molar-refractivity contribution in [2.75, 3.05) is 19.3 Å². The topological polar surface area (TPSA) is 37.4 Å². The zero-order valence-electron chi connectivity index (χ0n) is 17.4. The summed E-state index contributed by atoms with van der Waals surface area (Å²) in [7, 11) is -3.00. The normalized spacial score (nSPS) is 12.2. The molecule has 0 unspecified atom stereocenters. The van der Waals surface area contributed by atoms with Crippen molar-refractivity contribution >= 4 is 10.0 Å². The molecule has 0 aliphatic heterocycles. The van der Waals surface area contributed by atoms with Gasteiger partial charge in [0.2, 0.25) is 10.0 Å². The Morgan fingerprint density at radius 3 is 1.16 bits per heavy atom. The van der Waals surface area contributed by atoms with Gasteiger partial charge in [0.25, 0.3) is 0 Å². The van der Waals surface area contributed by atoms with E-state index in [9.17, 15) is 8.42 Å². The summed E-state index contributed by atoms with van der Waals surface area (Å²) in [5.74, 6) is 0. The van der Waals surface area contributed by atoms with Crippen LogP contribution in [0.2, 0.25) is 0 Å². The predicted octanol–water partition coefficient (Wildman–Crippen LogP) is 6.53. The maximum absolute atomic E-state index is 11.5. The summed E-state index contributed by atoms with van der Waals surface area (Å²) in [4.78, 5) is 0. The fraction of sp³-hybridized carbons (Fsp3) is 1.00. The molecule has 0 aliphatic rings. The monoisotopic (exact) mass is 375 g/mol. The first-order valence-corrected chi connectivity index (χ1v) is 12.8. The number of nitrogens with zero attached hydrogens (tertiary/aromatic N) is 1. The fourth-order valence-electron chi connectivity index (χ4n) is 3.39. The van der Waals surface area contributed by atoms with Gasteiger partial charge < -0.3 is 0 Å². The van der Waals surface area contributed by atoms with Crippen LogP contribution in [0.15, 0.2) is 0 Å². The van der Waals surface area contributed by atoms with Gasteiger partial charge in [-0.1, -0.05) is 110 Å². The summed E-state index contributed by atoms with van der Waals surface area (Å²) < 4.78 is 24.5. The van der Waals surface area contributed by atoms with E-state index in [0.717, 1.165) is 12.8 Å². The lowest BCUT2D eigenvalue weighted by Crippen LogP contribution is -2.30. The first kappa shape index (κ1) is 24.9. The highest BCUT2D eigenvalue weighted by molar-refractivity contribution is 7.88. The van der Waals surface area contributed by atoms with Gasteiger partial charge in [0.1, 0.15) is 0 Å². The standard InChI is InChI=1S/C21H45NO2S/c1-4-6-7-8-9-10-11-12-13-14-15-16-17-18-19-20-21-22(5-2)25(3,23)24/h4-21H2,1-3H3. The van der Waals surface area contributed by atoms with Crippen molar-refractivity contribution in [3.8, 4) is 0 Å². The Bertz CT molecular complexity index is 368. The third-order valence-electron chi connectivity index (χ3n) is 5.08. The van der Waals surface area contributed by atoms with E-state index in [1.54, 1.807) is 4.31 Å². The van der Waals surface area contributed by atoms with Crippen LogP contribution in [0.5, 0.6) is 0 Å². The highest BCUT2D eigenvalue weighted by Crippen LogP contribution is 2.14. The molecular formula is C21H45NO2S. The van der Waals surface area contributed by atoms with Gasteiger partial charge in [0, 0.05) is 13.1 Å². The zero-order chi connectivity index (χ0) is 18.8. The van der Waals surface area contributed by atoms with Crippen LogP contribution in [-0.2, 0) is 10.0 Å². The maximum Gasteiger partial charge on any atom is 0.211 e. The molecule has 0 aromatic rings. The largest absolute Gasteiger partial charge is 0.213 e. The lowest BCUT2D eigenvalue weighted by Gasteiger charge is -2.17. The van der Waals surface area contributed by atoms with Crippen molar-refractivity contribution in [3.63, 3.8) is 0 Å². The van der Waals surface area contributed by atoms with Crippen LogP contribution in [-0.4, -0.2) is 32.1 Å². The molecule has 0 heterocycles. The van der Waals surface area contributed by atoms with Crippen molar-refractivity contribution in [1.82, 2.24) is 4.31 Å². The summed E-state index contributed by atoms with van der Waals surface area (Å²) in [6.45, 7) is 5.47. The van der Waals surface area contributed by atoms with Crippen molar-refractivity contribution < 1.29 is 8.42 Å². The molecule has 25 heavy (non-hydrogen) atoms. The minimum absolute atomic E-state index is 0.595. The van der Waals surface area contributed by atoms with Gasteiger partial charge in [-0.25, -0.2) is 12.7 Å². The molecule has 0 N–H and O–H groups in total. The molecule has 152 valence electrons. The highest BCUT2D eigenvalue weighted by Gasteiger charge is 2.12. The van der Waals surface area contributed by atoms with Crippen molar-refractivity contribution in [2.24, 2.45) is 0 Å². The summed E-state index contributed by atoms with van der Waals surface area (Å²) in [6.07, 6.45) is 22.9. The van der Waals surface area contributed by atoms with Crippen molar-refractivity contribution in [3.05, 3.63) is 0 Å². The Kier molecular flexibility index (Phi) is 17.3. The van der Waals surface area contributed by atoms with Gasteiger partial charge in [-0.05, 0) is 6.42 Å². The molecule has 0 bridgehead atoms. The average Bonchev–Trinajstić information content (AvgIpc) is 2.56. The van der Waals surface area contributed by atoms with Crippen LogP contribution in [0, 0.1) is 0 Å². The quantitative estimate of drug-likeness (QED) is 0.241.